The van der Waals surface area contributed by atoms with Crippen molar-refractivity contribution in [2.24, 2.45) is 0 Å². The lowest BCUT2D eigenvalue weighted by atomic mass is 10.1. The van der Waals surface area contributed by atoms with E-state index >= 15 is 0 Å². The van der Waals surface area contributed by atoms with E-state index in [2.05, 4.69) is 5.32 Å². The molecule has 184 valence electrons. The van der Waals surface area contributed by atoms with Crippen molar-refractivity contribution in [3.63, 3.8) is 0 Å². The molecule has 9 heteroatoms. The van der Waals surface area contributed by atoms with Crippen molar-refractivity contribution in [1.82, 2.24) is 10.2 Å². The van der Waals surface area contributed by atoms with Gasteiger partial charge in [-0.1, -0.05) is 54.8 Å². The predicted octanol–water partition coefficient (Wildman–Crippen LogP) is 3.89. The Morgan fingerprint density at radius 3 is 2.41 bits per heavy atom. The number of amides is 2. The number of carbonyl (C=O) groups excluding carboxylic acids is 2. The molecule has 0 spiro atoms. The molecular weight excluding hydrogens is 474 g/mol. The average molecular weight is 506 g/mol. The number of carbonyl (C=O) groups is 2. The fraction of sp³-hybridized carbons (Fsp3) is 0.440. The van der Waals surface area contributed by atoms with E-state index in [1.165, 1.54) is 4.90 Å². The van der Waals surface area contributed by atoms with Crippen molar-refractivity contribution in [2.75, 3.05) is 17.1 Å². The maximum atomic E-state index is 13.6. The SMILES string of the molecule is Cc1cccc(N(CC(=O)N(Cc2ccccc2Cl)[C@H](C)C(=O)NC2CCCC2)S(C)(=O)=O)c1. The standard InChI is InChI=1S/C25H32ClN3O4S/c1-18-9-8-13-22(15-18)29(34(3,32)33)17-24(30)28(16-20-10-4-7-14-23(20)26)19(2)25(31)27-21-11-5-6-12-21/h4,7-10,13-15,19,21H,5-6,11-12,16-17H2,1-3H3,(H,27,31)/t19-/m1/s1. The lowest BCUT2D eigenvalue weighted by molar-refractivity contribution is -0.139. The number of nitrogens with one attached hydrogen (secondary N) is 1. The minimum atomic E-state index is -3.75. The van der Waals surface area contributed by atoms with Gasteiger partial charge in [-0.3, -0.25) is 13.9 Å². The maximum Gasteiger partial charge on any atom is 0.244 e. The summed E-state index contributed by atoms with van der Waals surface area (Å²) in [4.78, 5) is 28.0. The third-order valence-corrected chi connectivity index (χ3v) is 7.65. The van der Waals surface area contributed by atoms with Crippen LogP contribution in [0.4, 0.5) is 5.69 Å². The van der Waals surface area contributed by atoms with E-state index in [1.807, 2.05) is 19.1 Å². The van der Waals surface area contributed by atoms with Crippen LogP contribution >= 0.6 is 11.6 Å². The minimum Gasteiger partial charge on any atom is -0.352 e. The number of anilines is 1. The number of aryl methyl sites for hydroxylation is 1. The molecule has 2 aromatic carbocycles. The zero-order valence-corrected chi connectivity index (χ0v) is 21.4. The third kappa shape index (κ3) is 6.73. The Balaban J connectivity index is 1.89. The Morgan fingerprint density at radius 2 is 1.79 bits per heavy atom. The molecule has 0 unspecified atom stereocenters. The molecule has 0 radical (unpaired) electrons. The Bertz CT molecular complexity index is 1130. The van der Waals surface area contributed by atoms with Gasteiger partial charge in [0.25, 0.3) is 0 Å². The Hall–Kier alpha value is -2.58. The van der Waals surface area contributed by atoms with Crippen LogP contribution in [0.15, 0.2) is 48.5 Å². The molecule has 2 amide bonds. The van der Waals surface area contributed by atoms with E-state index in [0.29, 0.717) is 16.3 Å². The van der Waals surface area contributed by atoms with E-state index in [9.17, 15) is 18.0 Å². The highest BCUT2D eigenvalue weighted by Crippen LogP contribution is 2.23. The summed E-state index contributed by atoms with van der Waals surface area (Å²) in [5.74, 6) is -0.741. The number of rotatable bonds is 9. The molecule has 0 aliphatic heterocycles. The molecule has 3 rings (SSSR count). The summed E-state index contributed by atoms with van der Waals surface area (Å²) in [6.07, 6.45) is 5.05. The summed E-state index contributed by atoms with van der Waals surface area (Å²) in [6.45, 7) is 3.18. The van der Waals surface area contributed by atoms with Gasteiger partial charge in [0, 0.05) is 17.6 Å². The normalized spacial score (nSPS) is 15.1. The second kappa shape index (κ2) is 11.2. The molecule has 1 N–H and O–H groups in total. The van der Waals surface area contributed by atoms with Gasteiger partial charge in [0.1, 0.15) is 12.6 Å². The number of hydrogen-bond donors (Lipinski definition) is 1. The van der Waals surface area contributed by atoms with Crippen molar-refractivity contribution in [3.05, 3.63) is 64.7 Å². The van der Waals surface area contributed by atoms with Crippen LogP contribution in [0.5, 0.6) is 0 Å². The fourth-order valence-corrected chi connectivity index (χ4v) is 5.22. The average Bonchev–Trinajstić information content (AvgIpc) is 3.28. The molecule has 0 heterocycles. The summed E-state index contributed by atoms with van der Waals surface area (Å²) < 4.78 is 26.3. The Kier molecular flexibility index (Phi) is 8.60. The lowest BCUT2D eigenvalue weighted by Crippen LogP contribution is -2.52. The number of sulfonamides is 1. The highest BCUT2D eigenvalue weighted by atomic mass is 35.5. The molecule has 1 atom stereocenters. The van der Waals surface area contributed by atoms with E-state index in [1.54, 1.807) is 43.3 Å². The fourth-order valence-electron chi connectivity index (χ4n) is 4.18. The summed E-state index contributed by atoms with van der Waals surface area (Å²) in [5.41, 5.74) is 1.95. The van der Waals surface area contributed by atoms with Gasteiger partial charge >= 0.3 is 0 Å². The Morgan fingerprint density at radius 1 is 1.12 bits per heavy atom. The first-order chi connectivity index (χ1) is 16.1. The van der Waals surface area contributed by atoms with Gasteiger partial charge in [-0.25, -0.2) is 8.42 Å². The summed E-state index contributed by atoms with van der Waals surface area (Å²) in [5, 5.41) is 3.51. The maximum absolute atomic E-state index is 13.6. The van der Waals surface area contributed by atoms with Crippen molar-refractivity contribution < 1.29 is 18.0 Å². The summed E-state index contributed by atoms with van der Waals surface area (Å²) in [6, 6.07) is 13.4. The smallest absolute Gasteiger partial charge is 0.244 e. The highest BCUT2D eigenvalue weighted by molar-refractivity contribution is 7.92. The van der Waals surface area contributed by atoms with Crippen LogP contribution in [0.1, 0.15) is 43.7 Å². The zero-order chi connectivity index (χ0) is 24.9. The lowest BCUT2D eigenvalue weighted by Gasteiger charge is -2.32. The number of nitrogens with zero attached hydrogens (tertiary/aromatic N) is 2. The van der Waals surface area contributed by atoms with Crippen molar-refractivity contribution in [2.45, 2.75) is 58.2 Å². The molecule has 1 aliphatic rings. The highest BCUT2D eigenvalue weighted by Gasteiger charge is 2.31. The molecule has 1 saturated carbocycles. The molecule has 34 heavy (non-hydrogen) atoms. The van der Waals surface area contributed by atoms with Gasteiger partial charge in [0.2, 0.25) is 21.8 Å². The van der Waals surface area contributed by atoms with Crippen LogP contribution < -0.4 is 9.62 Å². The molecule has 1 fully saturated rings. The van der Waals surface area contributed by atoms with Gasteiger partial charge in [-0.2, -0.15) is 0 Å². The first kappa shape index (κ1) is 26.0. The summed E-state index contributed by atoms with van der Waals surface area (Å²) >= 11 is 6.34. The van der Waals surface area contributed by atoms with Crippen LogP contribution in [0.2, 0.25) is 5.02 Å². The Labute approximate surface area is 207 Å². The van der Waals surface area contributed by atoms with Crippen LogP contribution in [-0.2, 0) is 26.2 Å². The molecule has 2 aromatic rings. The van der Waals surface area contributed by atoms with Crippen LogP contribution in [0.25, 0.3) is 0 Å². The van der Waals surface area contributed by atoms with E-state index in [0.717, 1.165) is 41.8 Å². The van der Waals surface area contributed by atoms with Crippen LogP contribution in [0.3, 0.4) is 0 Å². The van der Waals surface area contributed by atoms with Crippen molar-refractivity contribution in [3.8, 4) is 0 Å². The first-order valence-electron chi connectivity index (χ1n) is 11.4. The van der Waals surface area contributed by atoms with E-state index < -0.39 is 28.5 Å². The van der Waals surface area contributed by atoms with Gasteiger partial charge < -0.3 is 10.2 Å². The number of hydrogen-bond acceptors (Lipinski definition) is 4. The van der Waals surface area contributed by atoms with Crippen LogP contribution in [0, 0.1) is 6.92 Å². The quantitative estimate of drug-likeness (QED) is 0.560. The summed E-state index contributed by atoms with van der Waals surface area (Å²) in [7, 11) is -3.75. The predicted molar refractivity (Wildman–Crippen MR) is 135 cm³/mol. The second-order valence-corrected chi connectivity index (χ2v) is 11.2. The van der Waals surface area contributed by atoms with Crippen LogP contribution in [-0.4, -0.2) is 50.0 Å². The monoisotopic (exact) mass is 505 g/mol. The second-order valence-electron chi connectivity index (χ2n) is 8.89. The molecule has 0 saturated heterocycles. The van der Waals surface area contributed by atoms with E-state index in [-0.39, 0.29) is 18.5 Å². The minimum absolute atomic E-state index is 0.0865. The van der Waals surface area contributed by atoms with Crippen molar-refractivity contribution in [1.29, 1.82) is 0 Å². The van der Waals surface area contributed by atoms with Crippen molar-refractivity contribution >= 4 is 39.1 Å². The van der Waals surface area contributed by atoms with Gasteiger partial charge in [0.05, 0.1) is 11.9 Å². The number of halogens is 1. The first-order valence-corrected chi connectivity index (χ1v) is 13.7. The molecule has 7 nitrogen and oxygen atoms in total. The molecular formula is C25H32ClN3O4S. The molecule has 1 aliphatic carbocycles. The van der Waals surface area contributed by atoms with E-state index in [4.69, 9.17) is 11.6 Å². The molecule has 0 aromatic heterocycles. The van der Waals surface area contributed by atoms with Gasteiger partial charge in [-0.05, 0) is 56.0 Å². The van der Waals surface area contributed by atoms with Gasteiger partial charge in [-0.15, -0.1) is 0 Å². The third-order valence-electron chi connectivity index (χ3n) is 6.14. The topological polar surface area (TPSA) is 86.8 Å². The zero-order valence-electron chi connectivity index (χ0n) is 19.8. The largest absolute Gasteiger partial charge is 0.352 e. The van der Waals surface area contributed by atoms with Gasteiger partial charge in [0.15, 0.2) is 0 Å². The molecule has 0 bridgehead atoms. The number of benzene rings is 2.